The van der Waals surface area contributed by atoms with Crippen LogP contribution in [-0.2, 0) is 52.1 Å². The maximum absolute atomic E-state index is 13.4. The van der Waals surface area contributed by atoms with E-state index in [1.54, 1.807) is 114 Å². The average Bonchev–Trinajstić information content (AvgIpc) is 1.55. The van der Waals surface area contributed by atoms with Crippen molar-refractivity contribution >= 4 is 183 Å². The topological polar surface area (TPSA) is 438 Å². The highest BCUT2D eigenvalue weighted by Gasteiger charge is 2.70. The minimum atomic E-state index is -1.76. The molecule has 20 rings (SSSR count). The van der Waals surface area contributed by atoms with Gasteiger partial charge in [-0.2, -0.15) is 0 Å². The number of carbonyl (C=O) groups excluding carboxylic acids is 1. The summed E-state index contributed by atoms with van der Waals surface area (Å²) in [5.74, 6) is -2.82. The maximum Gasteiger partial charge on any atom is 0.338 e. The lowest BCUT2D eigenvalue weighted by atomic mass is 9.88. The van der Waals surface area contributed by atoms with E-state index in [4.69, 9.17) is 180 Å². The summed E-state index contributed by atoms with van der Waals surface area (Å²) in [5.41, 5.74) is 11.2. The zero-order valence-corrected chi connectivity index (χ0v) is 78.7. The van der Waals surface area contributed by atoms with E-state index in [1.165, 1.54) is 62.6 Å². The number of hydrogen-bond donors (Lipinski definition) is 7. The van der Waals surface area contributed by atoms with Gasteiger partial charge in [0.15, 0.2) is 48.4 Å². The standard InChI is InChI=1S/C28H23Cl3N4O7.C21H20Cl3N3O4.C21H22Cl2N4O4.C18H18Cl2N4O4/c1-27(2)41-22-25(34-11-10-17-23(31)32-13-33-24(17)34)40-21(28(22,3)42-27)20(15-6-9-18(29)19(30)12-15)39-26(36)14-4-7-16(8-5-14)35(37)38;2*1-20(2)30-16-19(27-7-6-11-17(24)25-9-26-18(11)27)29-15(21(16,3)31-20)14(28)10-4-5-12(22)13(23)8-10;1-18(27)13(26)17(24-5-4-9-15(21)22-7-23-16(9)24)28-14(18)12(25)8-2-3-10(19)11(20)6-8/h4-13,20-22,25H,1-3H3;4-9,14-16,19,28H,1-3H3;4-9,14-16,19,28H,1-3H3,(H2,24,25,26);2-7,12-14,17,25-27H,1H3,(H2,21,22,23)/t20-,21+,22-,25+,28+;14-,15-,16+,19-,21-;14-,15+,16-,19+,21+;12-,13-,14+,17+,18-/m0100/s1. The minimum Gasteiger partial charge on any atom is -0.451 e. The Hall–Kier alpha value is -8.65. The molecule has 7 saturated heterocycles. The Morgan fingerprint density at radius 3 is 1.10 bits per heavy atom. The lowest BCUT2D eigenvalue weighted by molar-refractivity contribution is -0.384. The zero-order chi connectivity index (χ0) is 94.4. The number of nitrogens with two attached hydrogens (primary N) is 2. The highest BCUT2D eigenvalue weighted by atomic mass is 35.5. The number of non-ortho nitro benzene ring substituents is 1. The number of hydrogen-bond acceptors (Lipinski definition) is 29. The van der Waals surface area contributed by atoms with Gasteiger partial charge in [-0.15, -0.1) is 0 Å². The van der Waals surface area contributed by atoms with Gasteiger partial charge in [-0.05, 0) is 176 Å². The molecule has 8 aromatic heterocycles. The van der Waals surface area contributed by atoms with Crippen LogP contribution in [0.4, 0.5) is 17.3 Å². The molecule has 34 nitrogen and oxygen atoms in total. The van der Waals surface area contributed by atoms with Gasteiger partial charge in [0.2, 0.25) is 0 Å². The van der Waals surface area contributed by atoms with Crippen LogP contribution in [0.2, 0.25) is 50.5 Å². The Kier molecular flexibility index (Phi) is 25.8. The number of carbonyl (C=O) groups is 1. The fourth-order valence-electron chi connectivity index (χ4n) is 18.3. The molecule has 7 fully saturated rings. The van der Waals surface area contributed by atoms with Crippen molar-refractivity contribution in [1.82, 2.24) is 58.1 Å². The molecule has 0 unspecified atom stereocenters. The number of nitro groups is 1. The highest BCUT2D eigenvalue weighted by Crippen LogP contribution is 2.59. The monoisotopic (exact) mass is 2000 g/mol. The van der Waals surface area contributed by atoms with Crippen LogP contribution in [-0.4, -0.2) is 183 Å². The summed E-state index contributed by atoms with van der Waals surface area (Å²) >= 11 is 61.5. The molecule has 9 N–H and O–H groups in total. The van der Waals surface area contributed by atoms with Gasteiger partial charge in [0.25, 0.3) is 5.69 Å². The quantitative estimate of drug-likeness (QED) is 0.0217. The fourth-order valence-corrected chi connectivity index (χ4v) is 19.9. The van der Waals surface area contributed by atoms with Crippen LogP contribution < -0.4 is 11.5 Å². The van der Waals surface area contributed by atoms with Crippen LogP contribution in [0, 0.1) is 10.1 Å². The van der Waals surface area contributed by atoms with Crippen molar-refractivity contribution in [3.63, 3.8) is 0 Å². The molecule has 132 heavy (non-hydrogen) atoms. The van der Waals surface area contributed by atoms with Crippen LogP contribution in [0.15, 0.2) is 171 Å². The number of aliphatic hydroxyl groups excluding tert-OH is 4. The lowest BCUT2D eigenvalue weighted by Gasteiger charge is -2.34. The number of nitrogen functional groups attached to an aromatic ring is 2. The summed E-state index contributed by atoms with van der Waals surface area (Å²) in [6, 6.07) is 31.7. The number of ether oxygens (including phenoxy) is 11. The summed E-state index contributed by atoms with van der Waals surface area (Å²) in [4.78, 5) is 57.4. The van der Waals surface area contributed by atoms with Crippen molar-refractivity contribution in [2.24, 2.45) is 0 Å². The average molecular weight is 2010 g/mol. The van der Waals surface area contributed by atoms with E-state index in [2.05, 4.69) is 39.9 Å². The van der Waals surface area contributed by atoms with E-state index in [1.807, 2.05) is 82.1 Å². The predicted octanol–water partition coefficient (Wildman–Crippen LogP) is 17.6. The smallest absolute Gasteiger partial charge is 0.338 e. The normalized spacial score (nSPS) is 28.5. The largest absolute Gasteiger partial charge is 0.451 e. The third kappa shape index (κ3) is 17.3. The SMILES string of the molecule is CC1(C)O[C@H]2[C@H](n3ccc4c(Cl)ncnc43)O[C@H]([C@@H](OC(=O)c3ccc([N+](=O)[O-])cc3)c3ccc(Cl)c(Cl)c3)[C@@]2(C)O1.CC1(C)O[C@H]2[C@H](n3ccc4c(Cl)ncnc43)O[C@H]([C@H](O)c3ccc(Cl)c(Cl)c3)[C@@]2(C)O1.CC1(C)O[C@H]2[C@H](n3ccc4c(N)ncnc43)O[C@H]([C@@H](O)c3ccc(Cl)c(Cl)c3)[C@@]2(C)O1.C[C@@]1(O)[C@@H]([C@@H](O)c2ccc(Cl)c(Cl)c2)O[C@@H](n2ccc3c(N)ncnc32)[C@@H]1O. The van der Waals surface area contributed by atoms with Gasteiger partial charge in [-0.1, -0.05) is 140 Å². The molecule has 7 aliphatic heterocycles. The third-order valence-corrected chi connectivity index (χ3v) is 27.9. The number of halogens is 10. The minimum absolute atomic E-state index is 0.105. The first kappa shape index (κ1) is 95.1. The van der Waals surface area contributed by atoms with Crippen molar-refractivity contribution in [2.75, 3.05) is 11.5 Å². The zero-order valence-electron chi connectivity index (χ0n) is 71.1. The van der Waals surface area contributed by atoms with Crippen molar-refractivity contribution in [2.45, 2.75) is 207 Å². The molecule has 15 heterocycles. The number of nitro benzene ring substituents is 1. The molecule has 0 saturated carbocycles. The first-order valence-electron chi connectivity index (χ1n) is 40.8. The molecule has 0 radical (unpaired) electrons. The molecule has 694 valence electrons. The Morgan fingerprint density at radius 2 is 0.727 bits per heavy atom. The molecule has 0 spiro atoms. The number of benzene rings is 5. The molecule has 0 amide bonds. The number of fused-ring (bicyclic) bond motifs is 7. The molecule has 5 aromatic carbocycles. The van der Waals surface area contributed by atoms with Gasteiger partial charge in [0, 0.05) is 36.9 Å². The Labute approximate surface area is 801 Å². The third-order valence-electron chi connectivity index (χ3n) is 24.3. The predicted molar refractivity (Wildman–Crippen MR) is 489 cm³/mol. The molecule has 20 atom stereocenters. The van der Waals surface area contributed by atoms with Crippen LogP contribution in [0.3, 0.4) is 0 Å². The van der Waals surface area contributed by atoms with Crippen LogP contribution in [0.1, 0.15) is 151 Å². The van der Waals surface area contributed by atoms with E-state index in [0.29, 0.717) is 107 Å². The second kappa shape index (κ2) is 35.8. The number of anilines is 2. The second-order valence-corrected chi connectivity index (χ2v) is 38.5. The second-order valence-electron chi connectivity index (χ2n) is 34.5. The van der Waals surface area contributed by atoms with Gasteiger partial charge in [-0.25, -0.2) is 44.7 Å². The lowest BCUT2D eigenvalue weighted by Crippen LogP contribution is -2.47. The molecule has 7 aliphatic rings. The van der Waals surface area contributed by atoms with Gasteiger partial charge >= 0.3 is 5.97 Å². The highest BCUT2D eigenvalue weighted by molar-refractivity contribution is 6.43. The number of aliphatic hydroxyl groups is 5. The van der Waals surface area contributed by atoms with Crippen LogP contribution in [0.5, 0.6) is 0 Å². The maximum atomic E-state index is 13.4. The van der Waals surface area contributed by atoms with Gasteiger partial charge in [-0.3, -0.25) is 10.1 Å². The molecule has 0 bridgehead atoms. The molecular weight excluding hydrogens is 1930 g/mol. The van der Waals surface area contributed by atoms with Crippen molar-refractivity contribution in [1.29, 1.82) is 0 Å². The summed E-state index contributed by atoms with van der Waals surface area (Å²) in [6.45, 7) is 17.9. The Balaban J connectivity index is 0.000000124. The van der Waals surface area contributed by atoms with Crippen LogP contribution in [0.25, 0.3) is 44.1 Å². The summed E-state index contributed by atoms with van der Waals surface area (Å²) in [7, 11) is 0. The fraction of sp³-hybridized carbons (Fsp3) is 0.375. The summed E-state index contributed by atoms with van der Waals surface area (Å²) in [5, 5.41) is 72.0. The number of aromatic nitrogens is 12. The first-order chi connectivity index (χ1) is 62.3. The Bertz CT molecular complexity index is 6460. The summed E-state index contributed by atoms with van der Waals surface area (Å²) < 4.78 is 76.4. The van der Waals surface area contributed by atoms with Gasteiger partial charge < -0.3 is 107 Å². The van der Waals surface area contributed by atoms with Gasteiger partial charge in [0.1, 0.15) is 159 Å². The molecule has 44 heteroatoms. The van der Waals surface area contributed by atoms with Crippen molar-refractivity contribution in [3.8, 4) is 0 Å². The molecule has 13 aromatic rings. The van der Waals surface area contributed by atoms with E-state index in [9.17, 15) is 40.4 Å². The molecular formula is C88H83Cl10N15O19. The van der Waals surface area contributed by atoms with Crippen LogP contribution >= 0.6 is 116 Å². The van der Waals surface area contributed by atoms with Crippen molar-refractivity contribution < 1.29 is 87.4 Å². The first-order valence-corrected chi connectivity index (χ1v) is 44.6. The van der Waals surface area contributed by atoms with Gasteiger partial charge in [0.05, 0.1) is 72.2 Å². The number of esters is 1. The summed E-state index contributed by atoms with van der Waals surface area (Å²) in [6.07, 6.45) is -1.52. The van der Waals surface area contributed by atoms with E-state index in [-0.39, 0.29) is 32.3 Å². The van der Waals surface area contributed by atoms with E-state index >= 15 is 0 Å². The van der Waals surface area contributed by atoms with E-state index < -0.39 is 149 Å². The van der Waals surface area contributed by atoms with E-state index in [0.717, 1.165) is 0 Å². The van der Waals surface area contributed by atoms with Crippen molar-refractivity contribution in [3.05, 3.63) is 260 Å². The number of rotatable bonds is 15. The number of nitrogens with zero attached hydrogens (tertiary/aromatic N) is 13. The Morgan fingerprint density at radius 1 is 0.417 bits per heavy atom. The molecule has 0 aliphatic carbocycles.